The summed E-state index contributed by atoms with van der Waals surface area (Å²) in [5.74, 6) is 0.509. The van der Waals surface area contributed by atoms with Crippen molar-refractivity contribution in [2.75, 3.05) is 33.9 Å². The summed E-state index contributed by atoms with van der Waals surface area (Å²) in [6, 6.07) is 26.2. The van der Waals surface area contributed by atoms with Crippen LogP contribution in [0.2, 0.25) is 0 Å². The third-order valence-corrected chi connectivity index (χ3v) is 6.56. The molecule has 1 heterocycles. The number of methoxy groups -OCH3 is 1. The average molecular weight is 457 g/mol. The van der Waals surface area contributed by atoms with Gasteiger partial charge in [-0.2, -0.15) is 0 Å². The van der Waals surface area contributed by atoms with Gasteiger partial charge in [0, 0.05) is 11.1 Å². The Hall–Kier alpha value is -3.44. The summed E-state index contributed by atoms with van der Waals surface area (Å²) >= 11 is 0. The third-order valence-electron chi connectivity index (χ3n) is 6.56. The number of ether oxygens (including phenoxy) is 2. The van der Waals surface area contributed by atoms with Gasteiger partial charge in [-0.3, -0.25) is 4.79 Å². The number of benzene rings is 3. The maximum atomic E-state index is 13.3. The van der Waals surface area contributed by atoms with Gasteiger partial charge < -0.3 is 14.4 Å². The Morgan fingerprint density at radius 3 is 2.06 bits per heavy atom. The molecule has 0 amide bonds. The van der Waals surface area contributed by atoms with E-state index in [1.165, 1.54) is 0 Å². The van der Waals surface area contributed by atoms with Gasteiger partial charge in [0.05, 0.1) is 24.8 Å². The number of carbonyl (C=O) groups is 1. The van der Waals surface area contributed by atoms with Gasteiger partial charge in [0.25, 0.3) is 0 Å². The number of hydrogen-bond acceptors (Lipinski definition) is 5. The zero-order chi connectivity index (χ0) is 24.0. The second-order valence-corrected chi connectivity index (χ2v) is 8.68. The molecule has 0 N–H and O–H groups in total. The van der Waals surface area contributed by atoms with Crippen LogP contribution < -0.4 is 4.74 Å². The molecule has 176 valence electrons. The van der Waals surface area contributed by atoms with Gasteiger partial charge in [-0.05, 0) is 57.6 Å². The number of nitrogens with zero attached hydrogens (tertiary/aromatic N) is 2. The van der Waals surface area contributed by atoms with E-state index in [9.17, 15) is 4.79 Å². The highest BCUT2D eigenvalue weighted by Gasteiger charge is 2.44. The Kier molecular flexibility index (Phi) is 7.43. The van der Waals surface area contributed by atoms with E-state index < -0.39 is 5.41 Å². The monoisotopic (exact) mass is 456 g/mol. The zero-order valence-corrected chi connectivity index (χ0v) is 20.2. The summed E-state index contributed by atoms with van der Waals surface area (Å²) in [6.45, 7) is 3.89. The van der Waals surface area contributed by atoms with Crippen LogP contribution in [0.15, 0.2) is 83.9 Å². The van der Waals surface area contributed by atoms with Gasteiger partial charge >= 0.3 is 5.97 Å². The van der Waals surface area contributed by atoms with Crippen molar-refractivity contribution in [1.82, 2.24) is 4.90 Å². The number of rotatable bonds is 7. The Morgan fingerprint density at radius 1 is 0.941 bits per heavy atom. The van der Waals surface area contributed by atoms with E-state index in [0.717, 1.165) is 35.5 Å². The van der Waals surface area contributed by atoms with Gasteiger partial charge in [-0.1, -0.05) is 66.7 Å². The van der Waals surface area contributed by atoms with Gasteiger partial charge in [-0.15, -0.1) is 0 Å². The average Bonchev–Trinajstić information content (AvgIpc) is 2.89. The molecule has 3 aromatic rings. The standard InChI is InChI=1S/C29H32N2O3/c1-4-34-28(32)29(17-19-31(2)20-18-29)24-15-16-26(33-3)25(21-24)30-27(22-11-7-5-8-12-22)23-13-9-6-10-14-23/h5-16,21H,4,17-20H2,1-3H3. The second-order valence-electron chi connectivity index (χ2n) is 8.68. The molecule has 5 heteroatoms. The van der Waals surface area contributed by atoms with Crippen LogP contribution in [-0.2, 0) is 14.9 Å². The van der Waals surface area contributed by atoms with Crippen molar-refractivity contribution in [2.24, 2.45) is 4.99 Å². The van der Waals surface area contributed by atoms with Crippen molar-refractivity contribution in [3.8, 4) is 5.75 Å². The normalized spacial score (nSPS) is 15.4. The van der Waals surface area contributed by atoms with Gasteiger partial charge in [0.15, 0.2) is 0 Å². The lowest BCUT2D eigenvalue weighted by Crippen LogP contribution is -2.47. The van der Waals surface area contributed by atoms with Crippen molar-refractivity contribution < 1.29 is 14.3 Å². The van der Waals surface area contributed by atoms with Crippen molar-refractivity contribution in [1.29, 1.82) is 0 Å². The smallest absolute Gasteiger partial charge is 0.316 e. The van der Waals surface area contributed by atoms with Crippen LogP contribution in [0, 0.1) is 0 Å². The van der Waals surface area contributed by atoms with Crippen LogP contribution >= 0.6 is 0 Å². The Labute approximate surface area is 202 Å². The first kappa shape index (κ1) is 23.7. The van der Waals surface area contributed by atoms with Crippen LogP contribution in [0.1, 0.15) is 36.5 Å². The number of carbonyl (C=O) groups excluding carboxylic acids is 1. The topological polar surface area (TPSA) is 51.1 Å². The van der Waals surface area contributed by atoms with Crippen LogP contribution in [0.25, 0.3) is 0 Å². The second kappa shape index (κ2) is 10.7. The van der Waals surface area contributed by atoms with E-state index in [2.05, 4.69) is 36.2 Å². The van der Waals surface area contributed by atoms with E-state index in [-0.39, 0.29) is 5.97 Å². The first-order valence-electron chi connectivity index (χ1n) is 11.8. The zero-order valence-electron chi connectivity index (χ0n) is 20.2. The molecule has 0 saturated carbocycles. The van der Waals surface area contributed by atoms with Crippen molar-refractivity contribution in [3.63, 3.8) is 0 Å². The van der Waals surface area contributed by atoms with Crippen LogP contribution in [0.5, 0.6) is 5.75 Å². The minimum absolute atomic E-state index is 0.158. The number of hydrogen-bond donors (Lipinski definition) is 0. The minimum Gasteiger partial charge on any atom is -0.494 e. The summed E-state index contributed by atoms with van der Waals surface area (Å²) < 4.78 is 11.3. The summed E-state index contributed by atoms with van der Waals surface area (Å²) in [5.41, 5.74) is 3.83. The lowest BCUT2D eigenvalue weighted by Gasteiger charge is -2.39. The molecular weight excluding hydrogens is 424 g/mol. The molecular formula is C29H32N2O3. The third kappa shape index (κ3) is 4.90. The fraction of sp³-hybridized carbons (Fsp3) is 0.310. The molecule has 34 heavy (non-hydrogen) atoms. The molecule has 0 aromatic heterocycles. The summed E-state index contributed by atoms with van der Waals surface area (Å²) in [7, 11) is 3.74. The molecule has 0 radical (unpaired) electrons. The molecule has 4 rings (SSSR count). The number of likely N-dealkylation sites (tertiary alicyclic amines) is 1. The number of esters is 1. The fourth-order valence-corrected chi connectivity index (χ4v) is 4.56. The highest BCUT2D eigenvalue weighted by atomic mass is 16.5. The van der Waals surface area contributed by atoms with Crippen LogP contribution in [0.4, 0.5) is 5.69 Å². The maximum Gasteiger partial charge on any atom is 0.316 e. The molecule has 5 nitrogen and oxygen atoms in total. The molecule has 1 saturated heterocycles. The number of piperidine rings is 1. The molecule has 1 aliphatic rings. The predicted octanol–water partition coefficient (Wildman–Crippen LogP) is 5.39. The van der Waals surface area contributed by atoms with Gasteiger partial charge in [0.1, 0.15) is 11.4 Å². The van der Waals surface area contributed by atoms with Crippen LogP contribution in [0.3, 0.4) is 0 Å². The molecule has 0 aliphatic carbocycles. The highest BCUT2D eigenvalue weighted by molar-refractivity contribution is 6.14. The molecule has 0 spiro atoms. The van der Waals surface area contributed by atoms with E-state index in [1.54, 1.807) is 7.11 Å². The molecule has 0 atom stereocenters. The Morgan fingerprint density at radius 2 is 1.53 bits per heavy atom. The molecule has 0 bridgehead atoms. The van der Waals surface area contributed by atoms with E-state index in [1.807, 2.05) is 61.5 Å². The lowest BCUT2D eigenvalue weighted by atomic mass is 9.72. The maximum absolute atomic E-state index is 13.3. The molecule has 1 fully saturated rings. The molecule has 1 aliphatic heterocycles. The van der Waals surface area contributed by atoms with Gasteiger partial charge in [-0.25, -0.2) is 4.99 Å². The largest absolute Gasteiger partial charge is 0.494 e. The lowest BCUT2D eigenvalue weighted by molar-refractivity contribution is -0.152. The van der Waals surface area contributed by atoms with Crippen LogP contribution in [-0.4, -0.2) is 50.4 Å². The van der Waals surface area contributed by atoms with Crippen molar-refractivity contribution in [3.05, 3.63) is 95.6 Å². The van der Waals surface area contributed by atoms with E-state index in [4.69, 9.17) is 14.5 Å². The van der Waals surface area contributed by atoms with E-state index >= 15 is 0 Å². The fourth-order valence-electron chi connectivity index (χ4n) is 4.56. The first-order valence-corrected chi connectivity index (χ1v) is 11.8. The van der Waals surface area contributed by atoms with Crippen molar-refractivity contribution >= 4 is 17.4 Å². The predicted molar refractivity (Wildman–Crippen MR) is 136 cm³/mol. The molecule has 0 unspecified atom stereocenters. The molecule has 3 aromatic carbocycles. The van der Waals surface area contributed by atoms with E-state index in [0.29, 0.717) is 30.9 Å². The first-order chi connectivity index (χ1) is 16.6. The van der Waals surface area contributed by atoms with Gasteiger partial charge in [0.2, 0.25) is 0 Å². The quantitative estimate of drug-likeness (QED) is 0.353. The Balaban J connectivity index is 1.86. The van der Waals surface area contributed by atoms with Crippen molar-refractivity contribution in [2.45, 2.75) is 25.2 Å². The summed E-state index contributed by atoms with van der Waals surface area (Å²) in [6.07, 6.45) is 1.42. The number of aliphatic imine (C=N–C) groups is 1. The minimum atomic E-state index is -0.682. The Bertz CT molecular complexity index is 1090. The highest BCUT2D eigenvalue weighted by Crippen LogP contribution is 2.41. The summed E-state index contributed by atoms with van der Waals surface area (Å²) in [5, 5.41) is 0. The SMILES string of the molecule is CCOC(=O)C1(c2ccc(OC)c(N=C(c3ccccc3)c3ccccc3)c2)CCN(C)CC1. The summed E-state index contributed by atoms with van der Waals surface area (Å²) in [4.78, 5) is 20.6.